The van der Waals surface area contributed by atoms with Gasteiger partial charge in [0.25, 0.3) is 5.56 Å². The Kier molecular flexibility index (Phi) is 7.66. The van der Waals surface area contributed by atoms with Gasteiger partial charge in [0, 0.05) is 12.6 Å². The zero-order valence-corrected chi connectivity index (χ0v) is 20.3. The molecule has 1 aromatic heterocycles. The van der Waals surface area contributed by atoms with Crippen LogP contribution in [-0.4, -0.2) is 34.2 Å². The molecule has 3 aromatic rings. The van der Waals surface area contributed by atoms with Gasteiger partial charge in [0.05, 0.1) is 18.4 Å². The summed E-state index contributed by atoms with van der Waals surface area (Å²) < 4.78 is 11.7. The molecule has 0 amide bonds. The number of rotatable bonds is 7. The van der Waals surface area contributed by atoms with Crippen LogP contribution in [0, 0.1) is 0 Å². The second kappa shape index (κ2) is 10.5. The number of hydrogen-bond acceptors (Lipinski definition) is 6. The number of hydrogen-bond donors (Lipinski definition) is 0. The molecule has 3 rings (SSSR count). The van der Waals surface area contributed by atoms with Gasteiger partial charge in [0.15, 0.2) is 0 Å². The Balaban J connectivity index is 2.06. The Morgan fingerprint density at radius 2 is 1.65 bits per heavy atom. The van der Waals surface area contributed by atoms with Crippen molar-refractivity contribution in [1.29, 1.82) is 0 Å². The molecule has 0 spiro atoms. The van der Waals surface area contributed by atoms with Crippen LogP contribution in [0.25, 0.3) is 16.8 Å². The van der Waals surface area contributed by atoms with E-state index in [0.29, 0.717) is 23.5 Å². The highest BCUT2D eigenvalue weighted by atomic mass is 16.6. The van der Waals surface area contributed by atoms with Crippen LogP contribution in [0.4, 0.5) is 0 Å². The fraction of sp³-hybridized carbons (Fsp3) is 0.333. The van der Waals surface area contributed by atoms with Gasteiger partial charge in [0.2, 0.25) is 0 Å². The molecule has 7 heteroatoms. The number of aromatic nitrogens is 2. The van der Waals surface area contributed by atoms with Crippen molar-refractivity contribution >= 4 is 11.9 Å². The predicted molar refractivity (Wildman–Crippen MR) is 130 cm³/mol. The summed E-state index contributed by atoms with van der Waals surface area (Å²) in [7, 11) is 1.23. The van der Waals surface area contributed by atoms with E-state index in [9.17, 15) is 14.4 Å². The maximum absolute atomic E-state index is 13.1. The Hall–Kier alpha value is -3.74. The Bertz CT molecular complexity index is 1240. The summed E-state index contributed by atoms with van der Waals surface area (Å²) >= 11 is 0. The summed E-state index contributed by atoms with van der Waals surface area (Å²) in [5.41, 5.74) is 1.35. The Labute approximate surface area is 199 Å². The van der Waals surface area contributed by atoms with E-state index in [1.54, 1.807) is 24.3 Å². The number of unbranched alkanes of at least 4 members (excludes halogenated alkanes) is 1. The number of benzene rings is 2. The lowest BCUT2D eigenvalue weighted by atomic mass is 9.99. The minimum Gasteiger partial charge on any atom is -0.465 e. The lowest BCUT2D eigenvalue weighted by Gasteiger charge is -2.20. The summed E-state index contributed by atoms with van der Waals surface area (Å²) in [6.07, 6.45) is 3.66. The van der Waals surface area contributed by atoms with Crippen LogP contribution in [0.15, 0.2) is 59.5 Å². The van der Waals surface area contributed by atoms with Crippen molar-refractivity contribution in [3.05, 3.63) is 82.0 Å². The minimum atomic E-state index is -0.726. The number of ether oxygens (including phenoxy) is 2. The van der Waals surface area contributed by atoms with Crippen LogP contribution < -0.4 is 5.56 Å². The minimum absolute atomic E-state index is 0.123. The van der Waals surface area contributed by atoms with Crippen LogP contribution >= 0.6 is 0 Å². The zero-order chi connectivity index (χ0) is 24.9. The molecule has 0 saturated carbocycles. The van der Waals surface area contributed by atoms with E-state index in [4.69, 9.17) is 9.47 Å². The van der Waals surface area contributed by atoms with Crippen LogP contribution in [-0.2, 0) is 15.9 Å². The van der Waals surface area contributed by atoms with E-state index in [2.05, 4.69) is 11.9 Å². The number of carbonyl (C=O) groups excluding carboxylic acids is 2. The summed E-state index contributed by atoms with van der Waals surface area (Å²) in [6.45, 7) is 7.54. The van der Waals surface area contributed by atoms with E-state index in [1.807, 2.05) is 45.0 Å². The first-order valence-electron chi connectivity index (χ1n) is 11.3. The van der Waals surface area contributed by atoms with Crippen molar-refractivity contribution in [2.75, 3.05) is 7.11 Å². The standard InChI is InChI=1S/C27H30N2O5/c1-6-7-12-23-28-17-22(25(31)33-5)24(30)29(23)19-15-13-18(14-16-19)20-10-8-9-11-21(20)26(32)34-27(2,3)4/h8-11,13-17H,6-7,12H2,1-5H3. The summed E-state index contributed by atoms with van der Waals surface area (Å²) in [5, 5.41) is 0. The molecule has 0 saturated heterocycles. The molecular formula is C27H30N2O5. The van der Waals surface area contributed by atoms with Crippen molar-refractivity contribution < 1.29 is 19.1 Å². The topological polar surface area (TPSA) is 87.5 Å². The lowest BCUT2D eigenvalue weighted by molar-refractivity contribution is 0.00702. The van der Waals surface area contributed by atoms with Gasteiger partial charge < -0.3 is 9.47 Å². The van der Waals surface area contributed by atoms with E-state index in [0.717, 1.165) is 24.0 Å². The number of methoxy groups -OCH3 is 1. The molecule has 0 aliphatic heterocycles. The molecule has 0 N–H and O–H groups in total. The van der Waals surface area contributed by atoms with E-state index >= 15 is 0 Å². The third-order valence-corrected chi connectivity index (χ3v) is 5.18. The van der Waals surface area contributed by atoms with Gasteiger partial charge in [0.1, 0.15) is 17.0 Å². The number of nitrogens with zero attached hydrogens (tertiary/aromatic N) is 2. The van der Waals surface area contributed by atoms with Crippen molar-refractivity contribution in [2.24, 2.45) is 0 Å². The lowest BCUT2D eigenvalue weighted by Crippen LogP contribution is -2.29. The van der Waals surface area contributed by atoms with Crippen molar-refractivity contribution in [3.63, 3.8) is 0 Å². The smallest absolute Gasteiger partial charge is 0.345 e. The van der Waals surface area contributed by atoms with E-state index in [-0.39, 0.29) is 5.56 Å². The van der Waals surface area contributed by atoms with Gasteiger partial charge in [-0.3, -0.25) is 9.36 Å². The molecule has 2 aromatic carbocycles. The summed E-state index contributed by atoms with van der Waals surface area (Å²) in [6, 6.07) is 14.5. The van der Waals surface area contributed by atoms with Crippen LogP contribution in [0.1, 0.15) is 67.1 Å². The second-order valence-electron chi connectivity index (χ2n) is 8.92. The second-order valence-corrected chi connectivity index (χ2v) is 8.92. The highest BCUT2D eigenvalue weighted by Gasteiger charge is 2.21. The molecule has 0 atom stereocenters. The summed E-state index contributed by atoms with van der Waals surface area (Å²) in [5.74, 6) is -0.558. The van der Waals surface area contributed by atoms with Crippen LogP contribution in [0.2, 0.25) is 0 Å². The molecule has 7 nitrogen and oxygen atoms in total. The molecule has 0 fully saturated rings. The Morgan fingerprint density at radius 3 is 2.26 bits per heavy atom. The molecule has 178 valence electrons. The van der Waals surface area contributed by atoms with Gasteiger partial charge in [-0.1, -0.05) is 43.7 Å². The van der Waals surface area contributed by atoms with Gasteiger partial charge in [-0.2, -0.15) is 0 Å². The first kappa shape index (κ1) is 24.9. The SMILES string of the molecule is CCCCc1ncc(C(=O)OC)c(=O)n1-c1ccc(-c2ccccc2C(=O)OC(C)(C)C)cc1. The average molecular weight is 463 g/mol. The highest BCUT2D eigenvalue weighted by Crippen LogP contribution is 2.27. The molecular weight excluding hydrogens is 432 g/mol. The molecule has 0 bridgehead atoms. The maximum atomic E-state index is 13.1. The quantitative estimate of drug-likeness (QED) is 0.460. The summed E-state index contributed by atoms with van der Waals surface area (Å²) in [4.78, 5) is 42.3. The molecule has 34 heavy (non-hydrogen) atoms. The largest absolute Gasteiger partial charge is 0.465 e. The fourth-order valence-corrected chi connectivity index (χ4v) is 3.55. The van der Waals surface area contributed by atoms with E-state index < -0.39 is 23.1 Å². The fourth-order valence-electron chi connectivity index (χ4n) is 3.55. The number of carbonyl (C=O) groups is 2. The van der Waals surface area contributed by atoms with Crippen molar-refractivity contribution in [2.45, 2.75) is 52.6 Å². The Morgan fingerprint density at radius 1 is 0.971 bits per heavy atom. The molecule has 0 aliphatic carbocycles. The maximum Gasteiger partial charge on any atom is 0.345 e. The molecule has 0 unspecified atom stereocenters. The molecule has 0 radical (unpaired) electrons. The van der Waals surface area contributed by atoms with Crippen molar-refractivity contribution in [3.8, 4) is 16.8 Å². The third kappa shape index (κ3) is 5.60. The van der Waals surface area contributed by atoms with Gasteiger partial charge in [-0.15, -0.1) is 0 Å². The van der Waals surface area contributed by atoms with Gasteiger partial charge in [-0.05, 0) is 56.5 Å². The highest BCUT2D eigenvalue weighted by molar-refractivity contribution is 5.97. The van der Waals surface area contributed by atoms with Gasteiger partial charge in [-0.25, -0.2) is 14.6 Å². The molecule has 1 heterocycles. The van der Waals surface area contributed by atoms with Crippen LogP contribution in [0.3, 0.4) is 0 Å². The average Bonchev–Trinajstić information content (AvgIpc) is 2.81. The third-order valence-electron chi connectivity index (χ3n) is 5.18. The van der Waals surface area contributed by atoms with Gasteiger partial charge >= 0.3 is 11.9 Å². The predicted octanol–water partition coefficient (Wildman–Crippen LogP) is 4.98. The van der Waals surface area contributed by atoms with Crippen LogP contribution in [0.5, 0.6) is 0 Å². The van der Waals surface area contributed by atoms with Crippen molar-refractivity contribution in [1.82, 2.24) is 9.55 Å². The monoisotopic (exact) mass is 462 g/mol. The first-order chi connectivity index (χ1) is 16.2. The van der Waals surface area contributed by atoms with E-state index in [1.165, 1.54) is 17.9 Å². The number of aryl methyl sites for hydroxylation is 1. The molecule has 0 aliphatic rings. The normalized spacial score (nSPS) is 11.2. The number of esters is 2. The first-order valence-corrected chi connectivity index (χ1v) is 11.3. The zero-order valence-electron chi connectivity index (χ0n) is 20.3.